The molecule has 0 aliphatic carbocycles. The lowest BCUT2D eigenvalue weighted by molar-refractivity contribution is -0.0304. The zero-order valence-corrected chi connectivity index (χ0v) is 20.3. The summed E-state index contributed by atoms with van der Waals surface area (Å²) in [5.74, 6) is 0.832. The van der Waals surface area contributed by atoms with E-state index < -0.39 is 0 Å². The first kappa shape index (κ1) is 28.2. The van der Waals surface area contributed by atoms with Gasteiger partial charge in [0.05, 0.1) is 19.8 Å². The van der Waals surface area contributed by atoms with Gasteiger partial charge in [-0.1, -0.05) is 51.9 Å². The molecule has 0 saturated carbocycles. The zero-order valence-electron chi connectivity index (χ0n) is 20.3. The fourth-order valence-corrected chi connectivity index (χ4v) is 3.20. The molecule has 2 N–H and O–H groups in total. The molecule has 0 saturated heterocycles. The average Bonchev–Trinajstić information content (AvgIpc) is 2.80. The van der Waals surface area contributed by atoms with E-state index in [0.717, 1.165) is 30.9 Å². The van der Waals surface area contributed by atoms with Crippen LogP contribution in [0.4, 0.5) is 10.5 Å². The number of rotatable bonds is 20. The summed E-state index contributed by atoms with van der Waals surface area (Å²) in [6, 6.07) is 7.26. The van der Waals surface area contributed by atoms with E-state index in [1.54, 1.807) is 14.2 Å². The fourth-order valence-electron chi connectivity index (χ4n) is 3.20. The van der Waals surface area contributed by atoms with Gasteiger partial charge in [-0.25, -0.2) is 4.79 Å². The molecule has 32 heavy (non-hydrogen) atoms. The van der Waals surface area contributed by atoms with E-state index >= 15 is 0 Å². The van der Waals surface area contributed by atoms with Gasteiger partial charge in [0.15, 0.2) is 0 Å². The second-order valence-electron chi connectivity index (χ2n) is 7.97. The van der Waals surface area contributed by atoms with Crippen LogP contribution in [0.3, 0.4) is 0 Å². The number of ether oxygens (including phenoxy) is 4. The van der Waals surface area contributed by atoms with Gasteiger partial charge < -0.3 is 29.6 Å². The van der Waals surface area contributed by atoms with Crippen LogP contribution < -0.4 is 15.4 Å². The maximum absolute atomic E-state index is 12.0. The maximum atomic E-state index is 12.0. The molecule has 1 aromatic rings. The van der Waals surface area contributed by atoms with Crippen LogP contribution in [0.2, 0.25) is 0 Å². The fraction of sp³-hybridized carbons (Fsp3) is 0.720. The highest BCUT2D eigenvalue weighted by Gasteiger charge is 2.06. The van der Waals surface area contributed by atoms with E-state index in [-0.39, 0.29) is 12.1 Å². The summed E-state index contributed by atoms with van der Waals surface area (Å²) >= 11 is 0. The Morgan fingerprint density at radius 2 is 1.56 bits per heavy atom. The van der Waals surface area contributed by atoms with Gasteiger partial charge in [0.1, 0.15) is 11.9 Å². The Hall–Kier alpha value is -1.83. The second-order valence-corrected chi connectivity index (χ2v) is 7.97. The van der Waals surface area contributed by atoms with E-state index in [0.29, 0.717) is 26.4 Å². The molecule has 0 aliphatic heterocycles. The molecule has 7 heteroatoms. The Morgan fingerprint density at radius 1 is 0.875 bits per heavy atom. The Morgan fingerprint density at radius 3 is 2.22 bits per heavy atom. The van der Waals surface area contributed by atoms with Crippen molar-refractivity contribution >= 4 is 11.7 Å². The van der Waals surface area contributed by atoms with Gasteiger partial charge in [-0.05, 0) is 37.1 Å². The zero-order chi connectivity index (χ0) is 23.3. The first-order valence-electron chi connectivity index (χ1n) is 12.1. The van der Waals surface area contributed by atoms with Gasteiger partial charge in [0, 0.05) is 33.1 Å². The first-order valence-corrected chi connectivity index (χ1v) is 12.1. The molecule has 0 spiro atoms. The maximum Gasteiger partial charge on any atom is 0.319 e. The summed E-state index contributed by atoms with van der Waals surface area (Å²) in [5, 5.41) is 5.65. The number of amides is 2. The van der Waals surface area contributed by atoms with Crippen molar-refractivity contribution < 1.29 is 23.7 Å². The molecule has 0 aliphatic rings. The molecule has 0 fully saturated rings. The van der Waals surface area contributed by atoms with Crippen LogP contribution in [0.1, 0.15) is 64.7 Å². The molecule has 0 aromatic heterocycles. The molecule has 0 bridgehead atoms. The molecule has 0 radical (unpaired) electrons. The third kappa shape index (κ3) is 15.1. The Balaban J connectivity index is 2.06. The van der Waals surface area contributed by atoms with E-state index in [4.69, 9.17) is 18.9 Å². The third-order valence-electron chi connectivity index (χ3n) is 5.12. The van der Waals surface area contributed by atoms with Crippen LogP contribution in [-0.4, -0.2) is 59.3 Å². The summed E-state index contributed by atoms with van der Waals surface area (Å²) in [4.78, 5) is 12.0. The van der Waals surface area contributed by atoms with Crippen molar-refractivity contribution in [1.82, 2.24) is 5.32 Å². The number of unbranched alkanes of at least 4 members (excludes halogenated alkanes) is 7. The normalized spacial score (nSPS) is 11.8. The number of nitrogens with one attached hydrogen (secondary N) is 2. The number of methoxy groups -OCH3 is 2. The van der Waals surface area contributed by atoms with Crippen LogP contribution in [0.15, 0.2) is 24.3 Å². The predicted octanol–water partition coefficient (Wildman–Crippen LogP) is 5.40. The molecule has 7 nitrogen and oxygen atoms in total. The summed E-state index contributed by atoms with van der Waals surface area (Å²) in [5.41, 5.74) is 0.737. The van der Waals surface area contributed by atoms with Crippen LogP contribution in [0.25, 0.3) is 0 Å². The minimum atomic E-state index is -0.230. The minimum absolute atomic E-state index is 0.0662. The van der Waals surface area contributed by atoms with Gasteiger partial charge in [-0.3, -0.25) is 0 Å². The number of urea groups is 1. The van der Waals surface area contributed by atoms with Gasteiger partial charge in [-0.15, -0.1) is 0 Å². The molecular weight excluding hydrogens is 408 g/mol. The van der Waals surface area contributed by atoms with Crippen LogP contribution in [0.5, 0.6) is 5.75 Å². The minimum Gasteiger partial charge on any atom is -0.494 e. The lowest BCUT2D eigenvalue weighted by atomic mass is 10.1. The predicted molar refractivity (Wildman–Crippen MR) is 130 cm³/mol. The van der Waals surface area contributed by atoms with Crippen molar-refractivity contribution in [3.8, 4) is 5.75 Å². The van der Waals surface area contributed by atoms with Crippen molar-refractivity contribution in [1.29, 1.82) is 0 Å². The van der Waals surface area contributed by atoms with Crippen LogP contribution in [-0.2, 0) is 14.2 Å². The van der Waals surface area contributed by atoms with Crippen LogP contribution in [0, 0.1) is 0 Å². The van der Waals surface area contributed by atoms with Gasteiger partial charge in [0.25, 0.3) is 0 Å². The van der Waals surface area contributed by atoms with Crippen molar-refractivity contribution in [3.05, 3.63) is 24.3 Å². The summed E-state index contributed by atoms with van der Waals surface area (Å²) in [6.07, 6.45) is 11.0. The van der Waals surface area contributed by atoms with E-state index in [9.17, 15) is 4.79 Å². The lowest BCUT2D eigenvalue weighted by Crippen LogP contribution is -2.30. The highest BCUT2D eigenvalue weighted by atomic mass is 16.5. The van der Waals surface area contributed by atoms with Gasteiger partial charge in [-0.2, -0.15) is 0 Å². The SMILES string of the molecule is CCCCCCCCCCOc1ccc(NC(=O)NCCCOCC(COC)OC)cc1. The number of carbonyl (C=O) groups is 1. The topological polar surface area (TPSA) is 78.1 Å². The van der Waals surface area contributed by atoms with E-state index in [1.165, 1.54) is 44.9 Å². The standard InChI is InChI=1S/C25H44N2O5/c1-4-5-6-7-8-9-10-11-19-32-23-15-13-22(14-16-23)27-25(28)26-17-12-18-31-21-24(30-3)20-29-2/h13-16,24H,4-12,17-21H2,1-3H3,(H2,26,27,28). The van der Waals surface area contributed by atoms with Crippen LogP contribution >= 0.6 is 0 Å². The molecule has 1 rings (SSSR count). The molecule has 1 aromatic carbocycles. The Kier molecular flexibility index (Phi) is 17.5. The molecule has 0 heterocycles. The monoisotopic (exact) mass is 452 g/mol. The van der Waals surface area contributed by atoms with Gasteiger partial charge in [0.2, 0.25) is 0 Å². The summed E-state index contributed by atoms with van der Waals surface area (Å²) < 4.78 is 21.6. The first-order chi connectivity index (χ1) is 15.7. The number of hydrogen-bond donors (Lipinski definition) is 2. The number of hydrogen-bond acceptors (Lipinski definition) is 5. The molecular formula is C25H44N2O5. The number of anilines is 1. The molecule has 184 valence electrons. The Bertz CT molecular complexity index is 568. The smallest absolute Gasteiger partial charge is 0.319 e. The number of benzene rings is 1. The summed E-state index contributed by atoms with van der Waals surface area (Å²) in [7, 11) is 3.27. The number of carbonyl (C=O) groups excluding carboxylic acids is 1. The van der Waals surface area contributed by atoms with E-state index in [2.05, 4.69) is 17.6 Å². The van der Waals surface area contributed by atoms with Crippen molar-refractivity contribution in [2.75, 3.05) is 52.5 Å². The third-order valence-corrected chi connectivity index (χ3v) is 5.12. The molecule has 1 atom stereocenters. The lowest BCUT2D eigenvalue weighted by Gasteiger charge is -2.14. The van der Waals surface area contributed by atoms with Crippen molar-refractivity contribution in [3.63, 3.8) is 0 Å². The highest BCUT2D eigenvalue weighted by molar-refractivity contribution is 5.89. The average molecular weight is 453 g/mol. The second kappa shape index (κ2) is 19.8. The quantitative estimate of drug-likeness (QED) is 0.259. The van der Waals surface area contributed by atoms with E-state index in [1.807, 2.05) is 24.3 Å². The molecule has 2 amide bonds. The largest absolute Gasteiger partial charge is 0.494 e. The van der Waals surface area contributed by atoms with Crippen molar-refractivity contribution in [2.24, 2.45) is 0 Å². The van der Waals surface area contributed by atoms with Crippen molar-refractivity contribution in [2.45, 2.75) is 70.8 Å². The van der Waals surface area contributed by atoms with Gasteiger partial charge >= 0.3 is 6.03 Å². The summed E-state index contributed by atoms with van der Waals surface area (Å²) in [6.45, 7) is 5.05. The highest BCUT2D eigenvalue weighted by Crippen LogP contribution is 2.16. The Labute approximate surface area is 194 Å². The molecule has 1 unspecified atom stereocenters.